The lowest BCUT2D eigenvalue weighted by molar-refractivity contribution is 0.330. The van der Waals surface area contributed by atoms with Crippen molar-refractivity contribution in [3.63, 3.8) is 0 Å². The Morgan fingerprint density at radius 3 is 2.75 bits per heavy atom. The van der Waals surface area contributed by atoms with Crippen LogP contribution in [0, 0.1) is 11.8 Å². The summed E-state index contributed by atoms with van der Waals surface area (Å²) in [7, 11) is 0. The molecule has 0 amide bonds. The molecule has 0 aliphatic heterocycles. The summed E-state index contributed by atoms with van der Waals surface area (Å²) in [6, 6.07) is 0. The molecule has 1 aliphatic rings. The van der Waals surface area contributed by atoms with E-state index < -0.39 is 0 Å². The smallest absolute Gasteiger partial charge is 0.226 e. The molecule has 20 heavy (non-hydrogen) atoms. The van der Waals surface area contributed by atoms with Crippen molar-refractivity contribution in [1.82, 2.24) is 10.1 Å². The van der Waals surface area contributed by atoms with Crippen LogP contribution in [0.15, 0.2) is 4.52 Å². The topological polar surface area (TPSA) is 64.9 Å². The summed E-state index contributed by atoms with van der Waals surface area (Å²) in [6.07, 6.45) is 7.38. The van der Waals surface area contributed by atoms with Crippen LogP contribution in [0.25, 0.3) is 0 Å². The first-order chi connectivity index (χ1) is 9.67. The second kappa shape index (κ2) is 8.03. The molecule has 1 saturated carbocycles. The Labute approximate surface area is 126 Å². The maximum atomic E-state index is 5.82. The maximum Gasteiger partial charge on any atom is 0.226 e. The van der Waals surface area contributed by atoms with E-state index in [0.717, 1.165) is 35.6 Å². The van der Waals surface area contributed by atoms with E-state index in [-0.39, 0.29) is 0 Å². The van der Waals surface area contributed by atoms with Gasteiger partial charge in [-0.3, -0.25) is 0 Å². The molecule has 1 heterocycles. The SMILES string of the molecule is CC(C)C[C@H](CN)Cc1nc(CSC2CCCC2)no1. The fourth-order valence-corrected chi connectivity index (χ4v) is 4.02. The third kappa shape index (κ3) is 5.09. The van der Waals surface area contributed by atoms with Gasteiger partial charge in [-0.15, -0.1) is 0 Å². The molecule has 114 valence electrons. The predicted octanol–water partition coefficient (Wildman–Crippen LogP) is 3.41. The number of hydrogen-bond acceptors (Lipinski definition) is 5. The van der Waals surface area contributed by atoms with Crippen LogP contribution in [0.1, 0.15) is 57.7 Å². The molecule has 0 radical (unpaired) electrons. The summed E-state index contributed by atoms with van der Waals surface area (Å²) in [5, 5.41) is 4.90. The van der Waals surface area contributed by atoms with Crippen molar-refractivity contribution in [1.29, 1.82) is 0 Å². The van der Waals surface area contributed by atoms with Crippen LogP contribution in [-0.2, 0) is 12.2 Å². The van der Waals surface area contributed by atoms with Crippen molar-refractivity contribution in [2.45, 2.75) is 63.4 Å². The zero-order valence-corrected chi connectivity index (χ0v) is 13.5. The first kappa shape index (κ1) is 15.8. The third-order valence-electron chi connectivity index (χ3n) is 3.86. The Morgan fingerprint density at radius 1 is 1.35 bits per heavy atom. The molecule has 1 fully saturated rings. The van der Waals surface area contributed by atoms with E-state index in [9.17, 15) is 0 Å². The Balaban J connectivity index is 1.78. The highest BCUT2D eigenvalue weighted by Crippen LogP contribution is 2.31. The van der Waals surface area contributed by atoms with Crippen LogP contribution in [0.4, 0.5) is 0 Å². The van der Waals surface area contributed by atoms with Gasteiger partial charge in [-0.25, -0.2) is 0 Å². The van der Waals surface area contributed by atoms with E-state index in [0.29, 0.717) is 18.4 Å². The zero-order valence-electron chi connectivity index (χ0n) is 12.7. The Bertz CT molecular complexity index is 388. The first-order valence-corrected chi connectivity index (χ1v) is 8.85. The van der Waals surface area contributed by atoms with Gasteiger partial charge in [-0.1, -0.05) is 31.8 Å². The maximum absolute atomic E-state index is 5.82. The Hall–Kier alpha value is -0.550. The highest BCUT2D eigenvalue weighted by atomic mass is 32.2. The van der Waals surface area contributed by atoms with Crippen LogP contribution in [-0.4, -0.2) is 21.9 Å². The lowest BCUT2D eigenvalue weighted by Crippen LogP contribution is -2.19. The standard InChI is InChI=1S/C15H27N3OS/c1-11(2)7-12(9-16)8-15-17-14(18-19-15)10-20-13-5-3-4-6-13/h11-13H,3-10,16H2,1-2H3/t12-/m0/s1. The molecule has 1 aliphatic carbocycles. The summed E-state index contributed by atoms with van der Waals surface area (Å²) >= 11 is 1.98. The van der Waals surface area contributed by atoms with E-state index in [1.807, 2.05) is 11.8 Å². The monoisotopic (exact) mass is 297 g/mol. The van der Waals surface area contributed by atoms with Crippen molar-refractivity contribution in [3.8, 4) is 0 Å². The van der Waals surface area contributed by atoms with Gasteiger partial charge < -0.3 is 10.3 Å². The molecule has 0 aromatic carbocycles. The lowest BCUT2D eigenvalue weighted by Gasteiger charge is -2.14. The highest BCUT2D eigenvalue weighted by Gasteiger charge is 2.18. The van der Waals surface area contributed by atoms with Gasteiger partial charge in [-0.05, 0) is 37.6 Å². The minimum absolute atomic E-state index is 0.450. The molecule has 5 heteroatoms. The van der Waals surface area contributed by atoms with E-state index in [2.05, 4.69) is 24.0 Å². The van der Waals surface area contributed by atoms with Gasteiger partial charge >= 0.3 is 0 Å². The Kier molecular flexibility index (Phi) is 6.36. The zero-order chi connectivity index (χ0) is 14.4. The largest absolute Gasteiger partial charge is 0.339 e. The fourth-order valence-electron chi connectivity index (χ4n) is 2.86. The Morgan fingerprint density at radius 2 is 2.10 bits per heavy atom. The highest BCUT2D eigenvalue weighted by molar-refractivity contribution is 7.99. The number of thioether (sulfide) groups is 1. The minimum atomic E-state index is 0.450. The predicted molar refractivity (Wildman–Crippen MR) is 83.6 cm³/mol. The van der Waals surface area contributed by atoms with Crippen molar-refractivity contribution in [3.05, 3.63) is 11.7 Å². The molecule has 0 saturated heterocycles. The lowest BCUT2D eigenvalue weighted by atomic mass is 9.94. The van der Waals surface area contributed by atoms with E-state index in [1.165, 1.54) is 25.7 Å². The second-order valence-corrected chi connectivity index (χ2v) is 7.55. The van der Waals surface area contributed by atoms with Crippen molar-refractivity contribution in [2.75, 3.05) is 6.54 Å². The van der Waals surface area contributed by atoms with Crippen molar-refractivity contribution < 1.29 is 4.52 Å². The molecule has 2 N–H and O–H groups in total. The molecule has 1 aromatic rings. The van der Waals surface area contributed by atoms with Crippen LogP contribution >= 0.6 is 11.8 Å². The molecular formula is C15H27N3OS. The van der Waals surface area contributed by atoms with Crippen molar-refractivity contribution >= 4 is 11.8 Å². The molecular weight excluding hydrogens is 270 g/mol. The van der Waals surface area contributed by atoms with Crippen molar-refractivity contribution in [2.24, 2.45) is 17.6 Å². The van der Waals surface area contributed by atoms with Gasteiger partial charge in [0, 0.05) is 11.7 Å². The van der Waals surface area contributed by atoms with Crippen LogP contribution in [0.5, 0.6) is 0 Å². The summed E-state index contributed by atoms with van der Waals surface area (Å²) in [4.78, 5) is 4.51. The molecule has 1 aromatic heterocycles. The van der Waals surface area contributed by atoms with Crippen LogP contribution in [0.3, 0.4) is 0 Å². The van der Waals surface area contributed by atoms with Gasteiger partial charge in [0.15, 0.2) is 5.82 Å². The average molecular weight is 297 g/mol. The summed E-state index contributed by atoms with van der Waals surface area (Å²) in [5.41, 5.74) is 5.82. The quantitative estimate of drug-likeness (QED) is 0.796. The van der Waals surface area contributed by atoms with Crippen LogP contribution in [0.2, 0.25) is 0 Å². The normalized spacial score (nSPS) is 18.0. The molecule has 4 nitrogen and oxygen atoms in total. The number of hydrogen-bond donors (Lipinski definition) is 1. The molecule has 0 unspecified atom stereocenters. The minimum Gasteiger partial charge on any atom is -0.339 e. The molecule has 0 bridgehead atoms. The summed E-state index contributed by atoms with van der Waals surface area (Å²) in [5.74, 6) is 3.58. The van der Waals surface area contributed by atoms with E-state index in [4.69, 9.17) is 10.3 Å². The third-order valence-corrected chi connectivity index (χ3v) is 5.23. The number of nitrogens with two attached hydrogens (primary N) is 1. The molecule has 0 spiro atoms. The van der Waals surface area contributed by atoms with Gasteiger partial charge in [0.05, 0.1) is 5.75 Å². The van der Waals surface area contributed by atoms with E-state index in [1.54, 1.807) is 0 Å². The number of aromatic nitrogens is 2. The average Bonchev–Trinajstić information content (AvgIpc) is 3.06. The van der Waals surface area contributed by atoms with Gasteiger partial charge in [0.2, 0.25) is 5.89 Å². The van der Waals surface area contributed by atoms with Gasteiger partial charge in [-0.2, -0.15) is 16.7 Å². The number of rotatable bonds is 8. The first-order valence-electron chi connectivity index (χ1n) is 7.80. The fraction of sp³-hybridized carbons (Fsp3) is 0.867. The van der Waals surface area contributed by atoms with E-state index >= 15 is 0 Å². The van der Waals surface area contributed by atoms with Gasteiger partial charge in [0.25, 0.3) is 0 Å². The molecule has 1 atom stereocenters. The summed E-state index contributed by atoms with van der Waals surface area (Å²) in [6.45, 7) is 5.13. The van der Waals surface area contributed by atoms with Gasteiger partial charge in [0.1, 0.15) is 0 Å². The summed E-state index contributed by atoms with van der Waals surface area (Å²) < 4.78 is 5.36. The number of nitrogens with zero attached hydrogens (tertiary/aromatic N) is 2. The van der Waals surface area contributed by atoms with Crippen LogP contribution < -0.4 is 5.73 Å². The molecule has 2 rings (SSSR count). The second-order valence-electron chi connectivity index (χ2n) is 6.26.